The number of hydrogen-bond acceptors (Lipinski definition) is 6. The van der Waals surface area contributed by atoms with Gasteiger partial charge in [0, 0.05) is 11.5 Å². The van der Waals surface area contributed by atoms with Crippen molar-refractivity contribution in [1.29, 1.82) is 0 Å². The van der Waals surface area contributed by atoms with Crippen molar-refractivity contribution in [2.75, 3.05) is 0 Å². The molecule has 0 unspecified atom stereocenters. The van der Waals surface area contributed by atoms with Crippen LogP contribution in [-0.4, -0.2) is 71.7 Å². The van der Waals surface area contributed by atoms with Crippen molar-refractivity contribution in [3.8, 4) is 0 Å². The van der Waals surface area contributed by atoms with Gasteiger partial charge in [-0.1, -0.05) is 24.3 Å². The van der Waals surface area contributed by atoms with Crippen LogP contribution in [0.2, 0.25) is 0 Å². The fraction of sp³-hybridized carbons (Fsp3) is 0. The fourth-order valence-corrected chi connectivity index (χ4v) is 2.75. The SMILES string of the molecule is O=[N+]([O-])c1cc2ccccc2c(S(=O)(=O)O)c1[N+](=O)[O-].[Ba+2].[H-].[H-]. The number of hydrogen-bond donors (Lipinski definition) is 1. The van der Waals surface area contributed by atoms with Crippen LogP contribution in [-0.2, 0) is 10.1 Å². The van der Waals surface area contributed by atoms with Crippen LogP contribution in [0.15, 0.2) is 35.2 Å². The third-order valence-electron chi connectivity index (χ3n) is 2.59. The van der Waals surface area contributed by atoms with Crippen molar-refractivity contribution in [2.45, 2.75) is 4.90 Å². The Labute approximate surface area is 161 Å². The van der Waals surface area contributed by atoms with Gasteiger partial charge in [-0.3, -0.25) is 24.8 Å². The molecule has 0 aliphatic heterocycles. The molecule has 9 nitrogen and oxygen atoms in total. The summed E-state index contributed by atoms with van der Waals surface area (Å²) >= 11 is 0. The summed E-state index contributed by atoms with van der Waals surface area (Å²) < 4.78 is 31.9. The molecule has 0 aliphatic rings. The van der Waals surface area contributed by atoms with Crippen LogP contribution in [0.1, 0.15) is 2.85 Å². The second-order valence-electron chi connectivity index (χ2n) is 3.78. The molecule has 0 fully saturated rings. The molecular formula is C10H8BaN2O7S. The van der Waals surface area contributed by atoms with Crippen LogP contribution < -0.4 is 0 Å². The van der Waals surface area contributed by atoms with E-state index in [1.54, 1.807) is 0 Å². The van der Waals surface area contributed by atoms with E-state index in [0.29, 0.717) is 0 Å². The van der Waals surface area contributed by atoms with Crippen LogP contribution in [0.25, 0.3) is 10.8 Å². The van der Waals surface area contributed by atoms with Crippen LogP contribution in [0.5, 0.6) is 0 Å². The molecule has 0 radical (unpaired) electrons. The average Bonchev–Trinajstić information content (AvgIpc) is 2.34. The predicted octanol–water partition coefficient (Wildman–Crippen LogP) is 1.75. The van der Waals surface area contributed by atoms with Gasteiger partial charge in [0.15, 0.2) is 4.90 Å². The third-order valence-corrected chi connectivity index (χ3v) is 3.52. The number of nitro benzene ring substituents is 2. The van der Waals surface area contributed by atoms with Gasteiger partial charge in [0.2, 0.25) is 0 Å². The zero-order valence-electron chi connectivity index (χ0n) is 12.3. The van der Waals surface area contributed by atoms with Crippen molar-refractivity contribution < 1.29 is 25.7 Å². The molecule has 1 N–H and O–H groups in total. The van der Waals surface area contributed by atoms with Gasteiger partial charge in [-0.05, 0) is 5.39 Å². The Balaban J connectivity index is 0. The van der Waals surface area contributed by atoms with E-state index in [0.717, 1.165) is 6.07 Å². The maximum atomic E-state index is 11.4. The minimum atomic E-state index is -5.01. The van der Waals surface area contributed by atoms with Gasteiger partial charge in [-0.25, -0.2) is 0 Å². The summed E-state index contributed by atoms with van der Waals surface area (Å²) in [4.78, 5) is 18.5. The van der Waals surface area contributed by atoms with Crippen LogP contribution in [0.3, 0.4) is 0 Å². The Morgan fingerprint density at radius 1 is 1.10 bits per heavy atom. The first-order valence-electron chi connectivity index (χ1n) is 5.05. The van der Waals surface area contributed by atoms with Gasteiger partial charge in [-0.2, -0.15) is 8.42 Å². The van der Waals surface area contributed by atoms with E-state index in [9.17, 15) is 28.6 Å². The number of rotatable bonds is 3. The Morgan fingerprint density at radius 3 is 2.14 bits per heavy atom. The molecule has 0 spiro atoms. The molecule has 21 heavy (non-hydrogen) atoms. The Hall–Kier alpha value is -1.02. The smallest absolute Gasteiger partial charge is 1.00 e. The molecule has 0 amide bonds. The van der Waals surface area contributed by atoms with Gasteiger partial charge in [0.25, 0.3) is 0 Å². The normalized spacial score (nSPS) is 10.9. The van der Waals surface area contributed by atoms with E-state index in [2.05, 4.69) is 0 Å². The summed E-state index contributed by atoms with van der Waals surface area (Å²) in [5, 5.41) is 21.8. The zero-order valence-corrected chi connectivity index (χ0v) is 15.6. The molecular weight excluding hydrogens is 430 g/mol. The third kappa shape index (κ3) is 3.42. The largest absolute Gasteiger partial charge is 2.00 e. The van der Waals surface area contributed by atoms with E-state index >= 15 is 0 Å². The first-order valence-corrected chi connectivity index (χ1v) is 6.49. The van der Waals surface area contributed by atoms with Crippen molar-refractivity contribution in [2.24, 2.45) is 0 Å². The molecule has 0 heterocycles. The quantitative estimate of drug-likeness (QED) is 0.334. The Kier molecular flexibility index (Phi) is 5.49. The first kappa shape index (κ1) is 18.0. The maximum Gasteiger partial charge on any atom is 2.00 e. The molecule has 11 heteroatoms. The summed E-state index contributed by atoms with van der Waals surface area (Å²) in [6, 6.07) is 6.33. The van der Waals surface area contributed by atoms with E-state index in [4.69, 9.17) is 4.55 Å². The van der Waals surface area contributed by atoms with Gasteiger partial charge in [0.1, 0.15) is 0 Å². The van der Waals surface area contributed by atoms with E-state index in [1.165, 1.54) is 24.3 Å². The van der Waals surface area contributed by atoms with E-state index < -0.39 is 36.2 Å². The summed E-state index contributed by atoms with van der Waals surface area (Å²) in [5.74, 6) is 0. The molecule has 0 saturated heterocycles. The van der Waals surface area contributed by atoms with Gasteiger partial charge >= 0.3 is 70.4 Å². The molecule has 2 aromatic rings. The fourth-order valence-electron chi connectivity index (χ4n) is 1.87. The molecule has 2 aromatic carbocycles. The van der Waals surface area contributed by atoms with Crippen LogP contribution in [0.4, 0.5) is 11.4 Å². The van der Waals surface area contributed by atoms with Gasteiger partial charge < -0.3 is 2.85 Å². The minimum Gasteiger partial charge on any atom is -1.00 e. The summed E-state index contributed by atoms with van der Waals surface area (Å²) in [5.41, 5.74) is -2.25. The zero-order chi connectivity index (χ0) is 15.1. The summed E-state index contributed by atoms with van der Waals surface area (Å²) in [7, 11) is -5.01. The number of nitrogens with zero attached hydrogens (tertiary/aromatic N) is 2. The molecule has 0 aromatic heterocycles. The summed E-state index contributed by atoms with van der Waals surface area (Å²) in [6.07, 6.45) is 0. The topological polar surface area (TPSA) is 141 Å². The van der Waals surface area contributed by atoms with E-state index in [1.807, 2.05) is 0 Å². The van der Waals surface area contributed by atoms with Crippen molar-refractivity contribution in [1.82, 2.24) is 0 Å². The van der Waals surface area contributed by atoms with Crippen molar-refractivity contribution in [3.63, 3.8) is 0 Å². The number of nitro groups is 2. The Bertz CT molecular complexity index is 860. The van der Waals surface area contributed by atoms with Crippen molar-refractivity contribution in [3.05, 3.63) is 50.6 Å². The molecule has 0 bridgehead atoms. The predicted molar refractivity (Wildman–Crippen MR) is 75.0 cm³/mol. The average molecular weight is 438 g/mol. The second-order valence-corrected chi connectivity index (χ2v) is 5.14. The molecule has 2 rings (SSSR count). The van der Waals surface area contributed by atoms with Gasteiger partial charge in [0.05, 0.1) is 9.85 Å². The molecule has 0 aliphatic carbocycles. The van der Waals surface area contributed by atoms with Crippen LogP contribution >= 0.6 is 0 Å². The molecule has 0 saturated carbocycles. The first-order chi connectivity index (χ1) is 9.23. The Morgan fingerprint density at radius 2 is 1.67 bits per heavy atom. The van der Waals surface area contributed by atoms with Gasteiger partial charge in [-0.15, -0.1) is 0 Å². The van der Waals surface area contributed by atoms with E-state index in [-0.39, 0.29) is 62.5 Å². The molecule has 0 atom stereocenters. The van der Waals surface area contributed by atoms with Crippen molar-refractivity contribution >= 4 is 81.1 Å². The monoisotopic (exact) mass is 438 g/mol. The molecule has 108 valence electrons. The summed E-state index contributed by atoms with van der Waals surface area (Å²) in [6.45, 7) is 0. The van der Waals surface area contributed by atoms with Crippen LogP contribution in [0, 0.1) is 20.2 Å². The number of fused-ring (bicyclic) bond motifs is 1. The second kappa shape index (κ2) is 6.39. The maximum absolute atomic E-state index is 11.4. The standard InChI is InChI=1S/C10H6N2O7S.Ba.2H/c13-11(14)8-5-6-3-1-2-4-7(6)10(20(17,18)19)9(8)12(15)16;;;/h1-5H,(H,17,18,19);;;/q;+2;2*-1. The number of benzene rings is 2. The minimum absolute atomic E-state index is 0.